The third-order valence-electron chi connectivity index (χ3n) is 10.2. The molecule has 0 unspecified atom stereocenters. The summed E-state index contributed by atoms with van der Waals surface area (Å²) in [4.78, 5) is 9.82. The molecule has 0 N–H and O–H groups in total. The van der Waals surface area contributed by atoms with E-state index in [1.807, 2.05) is 48.5 Å². The molecular weight excluding hydrogens is 1420 g/mol. The molecule has 0 amide bonds. The minimum absolute atomic E-state index is 0.0467. The van der Waals surface area contributed by atoms with Gasteiger partial charge in [-0.15, -0.1) is 0 Å². The predicted molar refractivity (Wildman–Crippen MR) is 351 cm³/mol. The van der Waals surface area contributed by atoms with Gasteiger partial charge in [-0.3, -0.25) is 23.0 Å². The Morgan fingerprint density at radius 2 is 0.683 bits per heavy atom. The van der Waals surface area contributed by atoms with Gasteiger partial charge >= 0.3 is 47.1 Å². The highest BCUT2D eigenvalue weighted by Crippen LogP contribution is 2.55. The fraction of sp³-hybridized carbons (Fsp3) is 0.661. The SMILES string of the molecule is BrCc1cc(CBr)c(CBr)cc1CBr.CCOC(C)=O.CCOCC.CCOCC.CCOP(=O)(Cc1cc(COP=O)c(COP=O)cc1CP(=O)(OCC)OCC)OCC.CCOP(OCC)OCC.Cc1cc(C)c(C)cc1C. The molecule has 17 nitrogen and oxygen atoms in total. The Morgan fingerprint density at radius 1 is 0.415 bits per heavy atom. The van der Waals surface area contributed by atoms with Crippen LogP contribution in [-0.2, 0) is 125 Å². The van der Waals surface area contributed by atoms with Gasteiger partial charge in [-0.2, -0.15) is 0 Å². The van der Waals surface area contributed by atoms with Crippen molar-refractivity contribution >= 4 is 111 Å². The summed E-state index contributed by atoms with van der Waals surface area (Å²) in [6.07, 6.45) is -0.184. The molecule has 0 spiro atoms. The molecule has 26 heteroatoms. The van der Waals surface area contributed by atoms with E-state index in [-0.39, 0.29) is 57.9 Å². The van der Waals surface area contributed by atoms with E-state index in [1.165, 1.54) is 51.4 Å². The monoisotopic (exact) mass is 1510 g/mol. The van der Waals surface area contributed by atoms with Crippen LogP contribution in [0.5, 0.6) is 0 Å². The maximum absolute atomic E-state index is 13.2. The fourth-order valence-electron chi connectivity index (χ4n) is 6.44. The maximum atomic E-state index is 13.2. The van der Waals surface area contributed by atoms with Gasteiger partial charge in [0.2, 0.25) is 0 Å². The summed E-state index contributed by atoms with van der Waals surface area (Å²) in [6, 6.07) is 12.4. The van der Waals surface area contributed by atoms with Crippen molar-refractivity contribution in [2.45, 2.75) is 165 Å². The minimum Gasteiger partial charge on any atom is -0.466 e. The number of hydrogen-bond acceptors (Lipinski definition) is 17. The number of esters is 1. The van der Waals surface area contributed by atoms with Gasteiger partial charge in [0.25, 0.3) is 0 Å². The number of hydrogen-bond donors (Lipinski definition) is 0. The largest absolute Gasteiger partial charge is 0.466 e. The lowest BCUT2D eigenvalue weighted by molar-refractivity contribution is -0.140. The van der Waals surface area contributed by atoms with E-state index in [2.05, 4.69) is 120 Å². The smallest absolute Gasteiger partial charge is 0.335 e. The Hall–Kier alpha value is -0.300. The first-order valence-corrected chi connectivity index (χ1v) is 37.8. The zero-order valence-electron chi connectivity index (χ0n) is 51.8. The Labute approximate surface area is 532 Å². The second-order valence-corrected chi connectivity index (χ2v) is 24.6. The molecule has 0 aliphatic heterocycles. The number of benzene rings is 3. The highest BCUT2D eigenvalue weighted by Gasteiger charge is 2.31. The van der Waals surface area contributed by atoms with Gasteiger partial charge in [-0.1, -0.05) is 100 Å². The van der Waals surface area contributed by atoms with Crippen LogP contribution >= 0.6 is 105 Å². The molecule has 3 rings (SSSR count). The first-order chi connectivity index (χ1) is 39.1. The van der Waals surface area contributed by atoms with Crippen LogP contribution < -0.4 is 0 Å². The van der Waals surface area contributed by atoms with Crippen LogP contribution in [0.2, 0.25) is 0 Å². The lowest BCUT2D eigenvalue weighted by Crippen LogP contribution is -2.07. The van der Waals surface area contributed by atoms with Crippen molar-refractivity contribution in [3.8, 4) is 0 Å². The summed E-state index contributed by atoms with van der Waals surface area (Å²) in [7, 11) is -9.11. The van der Waals surface area contributed by atoms with Crippen LogP contribution in [0, 0.1) is 27.7 Å². The lowest BCUT2D eigenvalue weighted by Gasteiger charge is -2.23. The number of halogens is 4. The van der Waals surface area contributed by atoms with E-state index < -0.39 is 41.2 Å². The predicted octanol–water partition coefficient (Wildman–Crippen LogP) is 19.8. The molecule has 0 fully saturated rings. The molecule has 0 aliphatic rings. The van der Waals surface area contributed by atoms with E-state index in [4.69, 9.17) is 50.2 Å². The average molecular weight is 1520 g/mol. The summed E-state index contributed by atoms with van der Waals surface area (Å²) < 4.78 is 109. The average Bonchev–Trinajstić information content (AvgIpc) is 3.45. The maximum Gasteiger partial charge on any atom is 0.335 e. The first kappa shape index (κ1) is 88.1. The molecule has 476 valence electrons. The van der Waals surface area contributed by atoms with Gasteiger partial charge in [-0.25, -0.2) is 9.13 Å². The molecule has 0 saturated carbocycles. The Balaban J connectivity index is -0.000000499. The molecule has 0 saturated heterocycles. The topological polar surface area (TPSA) is 196 Å². The van der Waals surface area contributed by atoms with E-state index in [0.717, 1.165) is 47.7 Å². The van der Waals surface area contributed by atoms with Crippen molar-refractivity contribution in [3.63, 3.8) is 0 Å². The van der Waals surface area contributed by atoms with Crippen molar-refractivity contribution in [2.24, 2.45) is 0 Å². The van der Waals surface area contributed by atoms with Crippen molar-refractivity contribution < 1.29 is 78.0 Å². The molecule has 0 atom stereocenters. The number of carbonyl (C=O) groups excluding carboxylic acids is 1. The lowest BCUT2D eigenvalue weighted by atomic mass is 10.0. The summed E-state index contributed by atoms with van der Waals surface area (Å²) in [5.41, 5.74) is 13.2. The van der Waals surface area contributed by atoms with Gasteiger partial charge < -0.3 is 45.9 Å². The first-order valence-electron chi connectivity index (χ1n) is 27.3. The highest BCUT2D eigenvalue weighted by molar-refractivity contribution is 9.09. The molecule has 3 aromatic carbocycles. The summed E-state index contributed by atoms with van der Waals surface area (Å²) in [5.74, 6) is -0.211. The number of alkyl halides is 4. The Bertz CT molecular complexity index is 1980. The Kier molecular flexibility index (Phi) is 62.8. The molecular formula is C56H97Br4O17P5. The van der Waals surface area contributed by atoms with Gasteiger partial charge in [-0.05, 0) is 178 Å². The van der Waals surface area contributed by atoms with E-state index in [0.29, 0.717) is 48.7 Å². The molecule has 0 bridgehead atoms. The molecule has 82 heavy (non-hydrogen) atoms. The van der Waals surface area contributed by atoms with E-state index in [1.54, 1.807) is 46.8 Å². The van der Waals surface area contributed by atoms with Crippen LogP contribution in [0.25, 0.3) is 0 Å². The van der Waals surface area contributed by atoms with Crippen LogP contribution in [0.1, 0.15) is 157 Å². The Morgan fingerprint density at radius 3 is 0.854 bits per heavy atom. The van der Waals surface area contributed by atoms with Crippen molar-refractivity contribution in [1.82, 2.24) is 0 Å². The van der Waals surface area contributed by atoms with Crippen LogP contribution in [0.15, 0.2) is 36.4 Å². The highest BCUT2D eigenvalue weighted by atomic mass is 79.9. The van der Waals surface area contributed by atoms with Crippen molar-refractivity contribution in [2.75, 3.05) is 79.3 Å². The van der Waals surface area contributed by atoms with Crippen LogP contribution in [0.4, 0.5) is 0 Å². The second kappa shape index (κ2) is 58.4. The standard InChI is InChI=1S/C18H30O10P4.C10H10Br4.C10H14.C6H15O3P.C4H8O2.2C4H10O/c1-5-25-31(21,26-6-2)13-17-9-15(11-23-29-19)16(12-24-30-20)10-18(17)14-32(22,27-7-3)28-8-4;11-3-7-1-8(4-12)10(6-14)2-9(7)5-13;1-7-5-9(3)10(4)6-8(7)2;1-4-7-10(8-5-2)9-6-3;1-3-6-4(2)5;2*1-3-5-4-2/h9-10H,5-8,11-14H2,1-4H3;1-2H,3-6H2;5-6H,1-4H3;4-6H2,1-3H3;3H2,1-2H3;2*3-4H2,1-2H3. The summed E-state index contributed by atoms with van der Waals surface area (Å²) >= 11 is 14.0. The van der Waals surface area contributed by atoms with Crippen LogP contribution in [0.3, 0.4) is 0 Å². The summed E-state index contributed by atoms with van der Waals surface area (Å²) in [5, 5.41) is 3.65. The summed E-state index contributed by atoms with van der Waals surface area (Å²) in [6.45, 7) is 38.8. The zero-order valence-corrected chi connectivity index (χ0v) is 62.6. The zero-order chi connectivity index (χ0) is 63.4. The molecule has 0 aromatic heterocycles. The minimum atomic E-state index is -3.50. The van der Waals surface area contributed by atoms with Crippen molar-refractivity contribution in [3.05, 3.63) is 103 Å². The molecule has 3 aromatic rings. The fourth-order valence-corrected chi connectivity index (χ4v) is 13.3. The third kappa shape index (κ3) is 44.2. The van der Waals surface area contributed by atoms with Crippen LogP contribution in [-0.4, -0.2) is 85.3 Å². The number of aryl methyl sites for hydroxylation is 4. The van der Waals surface area contributed by atoms with E-state index >= 15 is 0 Å². The quantitative estimate of drug-likeness (QED) is 0.0317. The molecule has 0 aliphatic carbocycles. The van der Waals surface area contributed by atoms with Gasteiger partial charge in [0.05, 0.1) is 78.4 Å². The number of rotatable bonds is 33. The number of carbonyl (C=O) groups is 1. The van der Waals surface area contributed by atoms with E-state index in [9.17, 15) is 23.1 Å². The number of ether oxygens (including phenoxy) is 3. The third-order valence-corrected chi connectivity index (χ3v) is 18.5. The molecule has 0 radical (unpaired) electrons. The van der Waals surface area contributed by atoms with Gasteiger partial charge in [0.1, 0.15) is 0 Å². The second-order valence-electron chi connectivity index (χ2n) is 16.2. The normalized spacial score (nSPS) is 10.9. The van der Waals surface area contributed by atoms with Gasteiger partial charge in [0.15, 0.2) is 0 Å². The van der Waals surface area contributed by atoms with Gasteiger partial charge in [0, 0.05) is 54.7 Å². The van der Waals surface area contributed by atoms with Crippen molar-refractivity contribution in [1.29, 1.82) is 0 Å². The molecule has 0 heterocycles.